The topological polar surface area (TPSA) is 44.8 Å². The van der Waals surface area contributed by atoms with Crippen molar-refractivity contribution in [2.45, 2.75) is 29.3 Å². The van der Waals surface area contributed by atoms with Gasteiger partial charge in [-0.15, -0.1) is 11.8 Å². The Morgan fingerprint density at radius 2 is 1.88 bits per heavy atom. The number of rotatable bonds is 9. The molecule has 2 aromatic heterocycles. The molecule has 0 atom stereocenters. The van der Waals surface area contributed by atoms with Crippen molar-refractivity contribution < 1.29 is 0 Å². The van der Waals surface area contributed by atoms with Gasteiger partial charge in [-0.1, -0.05) is 42.1 Å². The van der Waals surface area contributed by atoms with E-state index in [1.807, 2.05) is 24.2 Å². The van der Waals surface area contributed by atoms with Gasteiger partial charge in [0.25, 0.3) is 0 Å². The first-order valence-electron chi connectivity index (χ1n) is 8.64. The van der Waals surface area contributed by atoms with Gasteiger partial charge in [0.05, 0.1) is 5.69 Å². The highest BCUT2D eigenvalue weighted by molar-refractivity contribution is 7.99. The van der Waals surface area contributed by atoms with Gasteiger partial charge in [-0.05, 0) is 31.2 Å². The molecule has 0 aliphatic carbocycles. The van der Waals surface area contributed by atoms with Crippen LogP contribution in [0.1, 0.15) is 16.8 Å². The predicted octanol–water partition coefficient (Wildman–Crippen LogP) is 4.63. The summed E-state index contributed by atoms with van der Waals surface area (Å²) in [4.78, 5) is 15.6. The number of nitrogens with one attached hydrogen (secondary N) is 1. The standard InChI is InChI=1S/C20H24N4S2/c1-16-18(15-26-20-22-10-11-23-20)21-9-8-19(16)25-13-12-24(2)14-17-6-4-3-5-7-17/h3-11H,12-15H2,1-2H3,(H,22,23). The van der Waals surface area contributed by atoms with E-state index in [9.17, 15) is 0 Å². The van der Waals surface area contributed by atoms with E-state index >= 15 is 0 Å². The van der Waals surface area contributed by atoms with Crippen LogP contribution in [0.15, 0.2) is 65.0 Å². The quantitative estimate of drug-likeness (QED) is 0.545. The van der Waals surface area contributed by atoms with Crippen LogP contribution in [-0.2, 0) is 12.3 Å². The molecule has 0 unspecified atom stereocenters. The molecule has 1 aromatic carbocycles. The third kappa shape index (κ3) is 5.62. The lowest BCUT2D eigenvalue weighted by Gasteiger charge is -2.17. The van der Waals surface area contributed by atoms with Crippen LogP contribution < -0.4 is 0 Å². The van der Waals surface area contributed by atoms with Crippen LogP contribution in [0.3, 0.4) is 0 Å². The summed E-state index contributed by atoms with van der Waals surface area (Å²) in [5.41, 5.74) is 3.77. The molecule has 0 aliphatic heterocycles. The SMILES string of the molecule is Cc1c(SCCN(C)Cc2ccccc2)ccnc1CSc1ncc[nH]1. The Morgan fingerprint density at radius 3 is 2.65 bits per heavy atom. The number of thioether (sulfide) groups is 2. The third-order valence-corrected chi connectivity index (χ3v) is 6.16. The summed E-state index contributed by atoms with van der Waals surface area (Å²) in [5.74, 6) is 1.90. The number of aromatic amines is 1. The van der Waals surface area contributed by atoms with Gasteiger partial charge < -0.3 is 9.88 Å². The van der Waals surface area contributed by atoms with Crippen LogP contribution in [0, 0.1) is 6.92 Å². The van der Waals surface area contributed by atoms with Crippen LogP contribution in [0.2, 0.25) is 0 Å². The summed E-state index contributed by atoms with van der Waals surface area (Å²) in [7, 11) is 2.18. The van der Waals surface area contributed by atoms with E-state index in [2.05, 4.69) is 70.2 Å². The minimum atomic E-state index is 0.835. The normalized spacial score (nSPS) is 11.2. The molecule has 0 bridgehead atoms. The maximum absolute atomic E-state index is 4.55. The Bertz CT molecular complexity index is 791. The molecular formula is C20H24N4S2. The van der Waals surface area contributed by atoms with Crippen molar-refractivity contribution in [3.8, 4) is 0 Å². The van der Waals surface area contributed by atoms with Crippen molar-refractivity contribution in [3.05, 3.63) is 71.8 Å². The van der Waals surface area contributed by atoms with Gasteiger partial charge in [-0.2, -0.15) is 0 Å². The van der Waals surface area contributed by atoms with Crippen LogP contribution in [0.4, 0.5) is 0 Å². The second-order valence-corrected chi connectivity index (χ2v) is 8.24. The van der Waals surface area contributed by atoms with Gasteiger partial charge in [0.1, 0.15) is 0 Å². The molecule has 0 radical (unpaired) electrons. The average molecular weight is 385 g/mol. The van der Waals surface area contributed by atoms with Crippen molar-refractivity contribution in [1.29, 1.82) is 0 Å². The van der Waals surface area contributed by atoms with Crippen molar-refractivity contribution in [1.82, 2.24) is 19.9 Å². The number of imidazole rings is 1. The molecule has 2 heterocycles. The van der Waals surface area contributed by atoms with Gasteiger partial charge in [-0.25, -0.2) is 4.98 Å². The summed E-state index contributed by atoms with van der Waals surface area (Å²) < 4.78 is 0. The molecule has 0 saturated carbocycles. The fraction of sp³-hybridized carbons (Fsp3) is 0.300. The third-order valence-electron chi connectivity index (χ3n) is 4.10. The Morgan fingerprint density at radius 1 is 1.04 bits per heavy atom. The molecule has 0 aliphatic rings. The van der Waals surface area contributed by atoms with Crippen molar-refractivity contribution in [2.24, 2.45) is 0 Å². The highest BCUT2D eigenvalue weighted by Crippen LogP contribution is 2.27. The highest BCUT2D eigenvalue weighted by Gasteiger charge is 2.08. The zero-order valence-corrected chi connectivity index (χ0v) is 16.8. The number of pyridine rings is 1. The number of aromatic nitrogens is 3. The van der Waals surface area contributed by atoms with E-state index in [1.165, 1.54) is 16.0 Å². The van der Waals surface area contributed by atoms with E-state index < -0.39 is 0 Å². The summed E-state index contributed by atoms with van der Waals surface area (Å²) in [6, 6.07) is 12.7. The lowest BCUT2D eigenvalue weighted by atomic mass is 10.2. The number of benzene rings is 1. The van der Waals surface area contributed by atoms with Gasteiger partial charge in [0.15, 0.2) is 5.16 Å². The molecular weight excluding hydrogens is 360 g/mol. The first-order valence-corrected chi connectivity index (χ1v) is 10.6. The summed E-state index contributed by atoms with van der Waals surface area (Å²) >= 11 is 3.60. The molecule has 3 rings (SSSR count). The molecule has 1 N–H and O–H groups in total. The molecule has 26 heavy (non-hydrogen) atoms. The van der Waals surface area contributed by atoms with Crippen molar-refractivity contribution in [3.63, 3.8) is 0 Å². The largest absolute Gasteiger partial charge is 0.340 e. The molecule has 0 amide bonds. The van der Waals surface area contributed by atoms with Crippen LogP contribution in [-0.4, -0.2) is 39.2 Å². The molecule has 136 valence electrons. The Hall–Kier alpha value is -1.76. The minimum Gasteiger partial charge on any atom is -0.340 e. The zero-order chi connectivity index (χ0) is 18.2. The van der Waals surface area contributed by atoms with Crippen molar-refractivity contribution in [2.75, 3.05) is 19.3 Å². The lowest BCUT2D eigenvalue weighted by Crippen LogP contribution is -2.20. The lowest BCUT2D eigenvalue weighted by molar-refractivity contribution is 0.348. The maximum Gasteiger partial charge on any atom is 0.165 e. The van der Waals surface area contributed by atoms with E-state index in [4.69, 9.17) is 0 Å². The summed E-state index contributed by atoms with van der Waals surface area (Å²) in [6.45, 7) is 4.21. The molecule has 3 aromatic rings. The van der Waals surface area contributed by atoms with Gasteiger partial charge in [0.2, 0.25) is 0 Å². The molecule has 4 nitrogen and oxygen atoms in total. The van der Waals surface area contributed by atoms with E-state index in [0.717, 1.165) is 35.4 Å². The summed E-state index contributed by atoms with van der Waals surface area (Å²) in [5, 5.41) is 0.937. The smallest absolute Gasteiger partial charge is 0.165 e. The first-order chi connectivity index (χ1) is 12.7. The Kier molecular flexibility index (Phi) is 7.17. The first kappa shape index (κ1) is 19.0. The number of nitrogens with zero attached hydrogens (tertiary/aromatic N) is 3. The van der Waals surface area contributed by atoms with Gasteiger partial charge in [-0.3, -0.25) is 4.98 Å². The van der Waals surface area contributed by atoms with E-state index in [-0.39, 0.29) is 0 Å². The fourth-order valence-electron chi connectivity index (χ4n) is 2.61. The Labute approximate surface area is 163 Å². The summed E-state index contributed by atoms with van der Waals surface area (Å²) in [6.07, 6.45) is 5.54. The monoisotopic (exact) mass is 384 g/mol. The fourth-order valence-corrected chi connectivity index (χ4v) is 4.58. The van der Waals surface area contributed by atoms with Crippen molar-refractivity contribution >= 4 is 23.5 Å². The maximum atomic E-state index is 4.55. The highest BCUT2D eigenvalue weighted by atomic mass is 32.2. The van der Waals surface area contributed by atoms with Crippen LogP contribution >= 0.6 is 23.5 Å². The molecule has 6 heteroatoms. The number of hydrogen-bond acceptors (Lipinski definition) is 5. The number of hydrogen-bond donors (Lipinski definition) is 1. The minimum absolute atomic E-state index is 0.835. The van der Waals surface area contributed by atoms with E-state index in [1.54, 1.807) is 18.0 Å². The molecule has 0 spiro atoms. The van der Waals surface area contributed by atoms with Crippen LogP contribution in [0.25, 0.3) is 0 Å². The zero-order valence-electron chi connectivity index (χ0n) is 15.2. The van der Waals surface area contributed by atoms with Gasteiger partial charge >= 0.3 is 0 Å². The average Bonchev–Trinajstić information content (AvgIpc) is 3.16. The second-order valence-electron chi connectivity index (χ2n) is 6.14. The molecule has 0 saturated heterocycles. The number of H-pyrrole nitrogens is 1. The predicted molar refractivity (Wildman–Crippen MR) is 111 cm³/mol. The second kappa shape index (κ2) is 9.80. The molecule has 0 fully saturated rings. The van der Waals surface area contributed by atoms with Crippen LogP contribution in [0.5, 0.6) is 0 Å². The van der Waals surface area contributed by atoms with Gasteiger partial charge in [0, 0.05) is 48.1 Å². The van der Waals surface area contributed by atoms with E-state index in [0.29, 0.717) is 0 Å². The Balaban J connectivity index is 1.49.